The van der Waals surface area contributed by atoms with E-state index in [4.69, 9.17) is 19.9 Å². The van der Waals surface area contributed by atoms with Gasteiger partial charge in [0.1, 0.15) is 29.3 Å². The summed E-state index contributed by atoms with van der Waals surface area (Å²) in [6.45, 7) is 2.77. The Morgan fingerprint density at radius 1 is 0.766 bits per heavy atom. The molecule has 238 valence electrons. The second kappa shape index (κ2) is 12.3. The van der Waals surface area contributed by atoms with E-state index < -0.39 is 6.29 Å². The Kier molecular flexibility index (Phi) is 7.64. The molecule has 5 heterocycles. The molecule has 11 nitrogen and oxygen atoms in total. The Hall–Kier alpha value is -5.10. The SMILES string of the molecule is Nc1ncnc2c1c(-c1ccc(Oc3ccccc3)cc1)cn2C1CCN(C2COC(CN3C(=O)c4ccccc4C3=O)OC2)CC1. The quantitative estimate of drug-likeness (QED) is 0.243. The molecule has 2 fully saturated rings. The maximum Gasteiger partial charge on any atom is 0.261 e. The van der Waals surface area contributed by atoms with E-state index in [1.807, 2.05) is 54.6 Å². The van der Waals surface area contributed by atoms with Crippen molar-refractivity contribution in [2.75, 3.05) is 38.6 Å². The lowest BCUT2D eigenvalue weighted by molar-refractivity contribution is -0.207. The van der Waals surface area contributed by atoms with E-state index in [0.717, 1.165) is 59.6 Å². The number of piperidine rings is 1. The van der Waals surface area contributed by atoms with Gasteiger partial charge < -0.3 is 24.5 Å². The maximum atomic E-state index is 12.8. The monoisotopic (exact) mass is 630 g/mol. The van der Waals surface area contributed by atoms with Crippen LogP contribution >= 0.6 is 0 Å². The summed E-state index contributed by atoms with van der Waals surface area (Å²) < 4.78 is 20.3. The zero-order valence-corrected chi connectivity index (χ0v) is 25.7. The van der Waals surface area contributed by atoms with Gasteiger partial charge in [0, 0.05) is 30.9 Å². The lowest BCUT2D eigenvalue weighted by Crippen LogP contribution is -2.52. The lowest BCUT2D eigenvalue weighted by Gasteiger charge is -2.41. The van der Waals surface area contributed by atoms with E-state index in [1.54, 1.807) is 24.3 Å². The molecule has 2 N–H and O–H groups in total. The van der Waals surface area contributed by atoms with E-state index in [1.165, 1.54) is 11.2 Å². The third-order valence-electron chi connectivity index (χ3n) is 9.35. The zero-order valence-electron chi connectivity index (χ0n) is 25.7. The van der Waals surface area contributed by atoms with Gasteiger partial charge in [0.25, 0.3) is 11.8 Å². The summed E-state index contributed by atoms with van der Waals surface area (Å²) in [5, 5.41) is 0.852. The maximum absolute atomic E-state index is 12.8. The third-order valence-corrected chi connectivity index (χ3v) is 9.35. The molecule has 47 heavy (non-hydrogen) atoms. The normalized spacial score (nSPS) is 20.6. The van der Waals surface area contributed by atoms with E-state index in [9.17, 15) is 9.59 Å². The summed E-state index contributed by atoms with van der Waals surface area (Å²) >= 11 is 0. The van der Waals surface area contributed by atoms with Crippen LogP contribution < -0.4 is 10.5 Å². The number of carbonyl (C=O) groups is 2. The van der Waals surface area contributed by atoms with Gasteiger partial charge in [-0.15, -0.1) is 0 Å². The lowest BCUT2D eigenvalue weighted by atomic mass is 10.0. The first-order valence-corrected chi connectivity index (χ1v) is 15.9. The van der Waals surface area contributed by atoms with Crippen LogP contribution in [-0.2, 0) is 9.47 Å². The second-order valence-corrected chi connectivity index (χ2v) is 12.1. The number of amides is 2. The number of likely N-dealkylation sites (tertiary alicyclic amines) is 1. The Balaban J connectivity index is 0.910. The number of nitrogens with two attached hydrogens (primary N) is 1. The minimum Gasteiger partial charge on any atom is -0.457 e. The van der Waals surface area contributed by atoms with Crippen molar-refractivity contribution in [1.29, 1.82) is 0 Å². The van der Waals surface area contributed by atoms with Crippen LogP contribution in [-0.4, -0.2) is 81.3 Å². The average Bonchev–Trinajstić information content (AvgIpc) is 3.62. The van der Waals surface area contributed by atoms with Gasteiger partial charge in [0.15, 0.2) is 6.29 Å². The number of anilines is 1. The summed E-state index contributed by atoms with van der Waals surface area (Å²) in [6.07, 6.45) is 4.89. The highest BCUT2D eigenvalue weighted by Crippen LogP contribution is 2.38. The largest absolute Gasteiger partial charge is 0.457 e. The van der Waals surface area contributed by atoms with Gasteiger partial charge in [-0.1, -0.05) is 42.5 Å². The Labute approximate surface area is 271 Å². The number of carbonyl (C=O) groups excluding carboxylic acids is 2. The summed E-state index contributed by atoms with van der Waals surface area (Å²) in [4.78, 5) is 38.1. The van der Waals surface area contributed by atoms with Crippen molar-refractivity contribution in [3.05, 3.63) is 103 Å². The molecule has 2 amide bonds. The summed E-state index contributed by atoms with van der Waals surface area (Å²) in [7, 11) is 0. The van der Waals surface area contributed by atoms with Gasteiger partial charge in [-0.2, -0.15) is 0 Å². The Morgan fingerprint density at radius 3 is 2.09 bits per heavy atom. The molecule has 3 aliphatic heterocycles. The fraction of sp³-hybridized carbons (Fsp3) is 0.278. The molecule has 0 spiro atoms. The number of para-hydroxylation sites is 1. The fourth-order valence-corrected chi connectivity index (χ4v) is 6.87. The van der Waals surface area contributed by atoms with Crippen LogP contribution in [0.25, 0.3) is 22.2 Å². The minimum atomic E-state index is -0.639. The zero-order chi connectivity index (χ0) is 31.9. The molecule has 5 aromatic rings. The summed E-state index contributed by atoms with van der Waals surface area (Å²) in [5.41, 5.74) is 10.1. The number of fused-ring (bicyclic) bond motifs is 2. The number of hydrogen-bond acceptors (Lipinski definition) is 9. The molecular formula is C36H34N6O5. The van der Waals surface area contributed by atoms with Crippen LogP contribution in [0.3, 0.4) is 0 Å². The predicted molar refractivity (Wildman–Crippen MR) is 175 cm³/mol. The third kappa shape index (κ3) is 5.52. The van der Waals surface area contributed by atoms with Gasteiger partial charge in [-0.25, -0.2) is 9.97 Å². The first kappa shape index (κ1) is 29.3. The predicted octanol–water partition coefficient (Wildman–Crippen LogP) is 5.15. The van der Waals surface area contributed by atoms with Crippen molar-refractivity contribution < 1.29 is 23.8 Å². The second-order valence-electron chi connectivity index (χ2n) is 12.1. The van der Waals surface area contributed by atoms with Crippen molar-refractivity contribution >= 4 is 28.7 Å². The molecule has 8 rings (SSSR count). The first-order valence-electron chi connectivity index (χ1n) is 15.9. The molecule has 0 unspecified atom stereocenters. The number of aromatic nitrogens is 3. The van der Waals surface area contributed by atoms with Crippen molar-refractivity contribution in [3.63, 3.8) is 0 Å². The Morgan fingerprint density at radius 2 is 1.40 bits per heavy atom. The van der Waals surface area contributed by atoms with Crippen molar-refractivity contribution in [2.24, 2.45) is 0 Å². The molecule has 2 aromatic heterocycles. The highest BCUT2D eigenvalue weighted by atomic mass is 16.7. The number of ether oxygens (including phenoxy) is 3. The van der Waals surface area contributed by atoms with Gasteiger partial charge in [0.2, 0.25) is 0 Å². The number of nitrogens with zero attached hydrogens (tertiary/aromatic N) is 5. The standard InChI is InChI=1S/C36H34N6O5/c37-33-32-30(23-10-12-27(13-11-23)47-26-6-2-1-3-7-26)18-41(34(32)39-22-38-33)24-14-16-40(17-15-24)25-20-45-31(46-21-25)19-42-35(43)28-8-4-5-9-29(28)36(42)44/h1-13,18,22,24-25,31H,14-17,19-21H2,(H2,37,38,39). The van der Waals surface area contributed by atoms with E-state index in [-0.39, 0.29) is 30.4 Å². The van der Waals surface area contributed by atoms with Crippen LogP contribution in [0.1, 0.15) is 39.6 Å². The number of benzene rings is 3. The molecule has 3 aromatic carbocycles. The van der Waals surface area contributed by atoms with Gasteiger partial charge in [-0.05, 0) is 54.8 Å². The van der Waals surface area contributed by atoms with E-state index in [2.05, 4.69) is 25.6 Å². The van der Waals surface area contributed by atoms with Crippen LogP contribution in [0.2, 0.25) is 0 Å². The molecule has 0 bridgehead atoms. The van der Waals surface area contributed by atoms with Gasteiger partial charge in [-0.3, -0.25) is 19.4 Å². The number of nitrogen functional groups attached to an aromatic ring is 1. The first-order chi connectivity index (χ1) is 23.0. The highest BCUT2D eigenvalue weighted by molar-refractivity contribution is 6.21. The average molecular weight is 631 g/mol. The minimum absolute atomic E-state index is 0.0813. The molecule has 0 atom stereocenters. The molecule has 0 radical (unpaired) electrons. The van der Waals surface area contributed by atoms with Crippen molar-refractivity contribution in [1.82, 2.24) is 24.3 Å². The van der Waals surface area contributed by atoms with Crippen molar-refractivity contribution in [3.8, 4) is 22.6 Å². The number of hydrogen-bond donors (Lipinski definition) is 1. The van der Waals surface area contributed by atoms with Crippen LogP contribution in [0.4, 0.5) is 5.82 Å². The summed E-state index contributed by atoms with van der Waals surface area (Å²) in [6, 6.07) is 24.9. The summed E-state index contributed by atoms with van der Waals surface area (Å²) in [5.74, 6) is 1.39. The molecule has 2 saturated heterocycles. The topological polar surface area (TPSA) is 125 Å². The number of imide groups is 1. The van der Waals surface area contributed by atoms with Crippen LogP contribution in [0.15, 0.2) is 91.4 Å². The molecule has 0 saturated carbocycles. The van der Waals surface area contributed by atoms with Gasteiger partial charge in [0.05, 0.1) is 42.3 Å². The molecular weight excluding hydrogens is 596 g/mol. The fourth-order valence-electron chi connectivity index (χ4n) is 6.87. The molecule has 0 aliphatic carbocycles. The molecule has 3 aliphatic rings. The highest BCUT2D eigenvalue weighted by Gasteiger charge is 2.39. The number of rotatable bonds is 7. The van der Waals surface area contributed by atoms with E-state index in [0.29, 0.717) is 30.2 Å². The molecule has 11 heteroatoms. The van der Waals surface area contributed by atoms with Crippen LogP contribution in [0, 0.1) is 0 Å². The van der Waals surface area contributed by atoms with Gasteiger partial charge >= 0.3 is 0 Å². The van der Waals surface area contributed by atoms with Crippen LogP contribution in [0.5, 0.6) is 11.5 Å². The Bertz CT molecular complexity index is 1890. The van der Waals surface area contributed by atoms with Crippen molar-refractivity contribution in [2.45, 2.75) is 31.2 Å². The van der Waals surface area contributed by atoms with E-state index >= 15 is 0 Å². The smallest absolute Gasteiger partial charge is 0.261 e.